The SMILES string of the molecule is Cc1nn(Cc2ccccc2)c(C)c1/C=N/NC(=O)Cn1nnc(-c2ccccc2)n1. The molecule has 1 N–H and O–H groups in total. The molecular formula is C22H22N8O. The maximum absolute atomic E-state index is 12.2. The van der Waals surface area contributed by atoms with Crippen LogP contribution >= 0.6 is 0 Å². The van der Waals surface area contributed by atoms with E-state index >= 15 is 0 Å². The van der Waals surface area contributed by atoms with Crippen LogP contribution < -0.4 is 5.43 Å². The Labute approximate surface area is 179 Å². The van der Waals surface area contributed by atoms with Gasteiger partial charge in [-0.1, -0.05) is 60.7 Å². The highest BCUT2D eigenvalue weighted by molar-refractivity contribution is 5.84. The van der Waals surface area contributed by atoms with Crippen LogP contribution in [0.15, 0.2) is 65.8 Å². The Morgan fingerprint density at radius 3 is 2.48 bits per heavy atom. The van der Waals surface area contributed by atoms with Gasteiger partial charge in [-0.2, -0.15) is 15.0 Å². The van der Waals surface area contributed by atoms with E-state index in [0.29, 0.717) is 12.4 Å². The highest BCUT2D eigenvalue weighted by Crippen LogP contribution is 2.13. The number of hydrogen-bond acceptors (Lipinski definition) is 6. The summed E-state index contributed by atoms with van der Waals surface area (Å²) in [5.41, 5.74) is 7.21. The Morgan fingerprint density at radius 2 is 1.74 bits per heavy atom. The number of benzene rings is 2. The number of aromatic nitrogens is 6. The molecule has 0 unspecified atom stereocenters. The standard InChI is InChI=1S/C22H22N8O/c1-16-20(17(2)29(26-16)14-18-9-5-3-6-10-18)13-23-24-21(31)15-30-27-22(25-28-30)19-11-7-4-8-12-19/h3-13H,14-15H2,1-2H3,(H,24,31)/b23-13+. The zero-order chi connectivity index (χ0) is 21.6. The van der Waals surface area contributed by atoms with Gasteiger partial charge in [0.25, 0.3) is 5.91 Å². The van der Waals surface area contributed by atoms with Gasteiger partial charge in [-0.15, -0.1) is 10.2 Å². The number of carbonyl (C=O) groups is 1. The van der Waals surface area contributed by atoms with Crippen LogP contribution in [0, 0.1) is 13.8 Å². The highest BCUT2D eigenvalue weighted by atomic mass is 16.2. The summed E-state index contributed by atoms with van der Waals surface area (Å²) in [4.78, 5) is 13.4. The molecule has 0 spiro atoms. The molecule has 4 rings (SSSR count). The summed E-state index contributed by atoms with van der Waals surface area (Å²) in [6.45, 7) is 4.50. The molecule has 0 aliphatic heterocycles. The number of nitrogens with one attached hydrogen (secondary N) is 1. The zero-order valence-electron chi connectivity index (χ0n) is 17.3. The van der Waals surface area contributed by atoms with Crippen LogP contribution in [0.2, 0.25) is 0 Å². The zero-order valence-corrected chi connectivity index (χ0v) is 17.3. The van der Waals surface area contributed by atoms with Crippen molar-refractivity contribution in [2.24, 2.45) is 5.10 Å². The molecule has 0 aliphatic carbocycles. The second-order valence-electron chi connectivity index (χ2n) is 7.03. The molecule has 31 heavy (non-hydrogen) atoms. The van der Waals surface area contributed by atoms with E-state index in [9.17, 15) is 4.79 Å². The van der Waals surface area contributed by atoms with Gasteiger partial charge in [0, 0.05) is 16.8 Å². The van der Waals surface area contributed by atoms with E-state index in [1.54, 1.807) is 6.21 Å². The van der Waals surface area contributed by atoms with E-state index in [4.69, 9.17) is 0 Å². The minimum absolute atomic E-state index is 0.0809. The van der Waals surface area contributed by atoms with Crippen molar-refractivity contribution < 1.29 is 4.79 Å². The summed E-state index contributed by atoms with van der Waals surface area (Å²) in [5.74, 6) is 0.120. The first-order valence-electron chi connectivity index (χ1n) is 9.83. The average Bonchev–Trinajstić information content (AvgIpc) is 3.35. The number of nitrogens with zero attached hydrogens (tertiary/aromatic N) is 7. The van der Waals surface area contributed by atoms with Crippen LogP contribution in [0.5, 0.6) is 0 Å². The molecule has 4 aromatic rings. The fraction of sp³-hybridized carbons (Fsp3) is 0.182. The summed E-state index contributed by atoms with van der Waals surface area (Å²) in [5, 5.41) is 20.8. The van der Waals surface area contributed by atoms with Gasteiger partial charge in [0.05, 0.1) is 18.5 Å². The van der Waals surface area contributed by atoms with Crippen LogP contribution in [-0.4, -0.2) is 42.1 Å². The number of hydrazone groups is 1. The second-order valence-corrected chi connectivity index (χ2v) is 7.03. The minimum atomic E-state index is -0.347. The maximum atomic E-state index is 12.2. The lowest BCUT2D eigenvalue weighted by Gasteiger charge is -2.04. The molecule has 0 radical (unpaired) electrons. The molecule has 1 amide bonds. The molecule has 2 aromatic heterocycles. The van der Waals surface area contributed by atoms with Crippen molar-refractivity contribution >= 4 is 12.1 Å². The lowest BCUT2D eigenvalue weighted by atomic mass is 10.2. The molecule has 0 saturated heterocycles. The topological polar surface area (TPSA) is 103 Å². The lowest BCUT2D eigenvalue weighted by Crippen LogP contribution is -2.24. The van der Waals surface area contributed by atoms with Crippen molar-refractivity contribution in [1.29, 1.82) is 0 Å². The number of tetrazole rings is 1. The molecule has 0 fully saturated rings. The van der Waals surface area contributed by atoms with E-state index in [1.807, 2.05) is 67.1 Å². The minimum Gasteiger partial charge on any atom is -0.271 e. The highest BCUT2D eigenvalue weighted by Gasteiger charge is 2.11. The van der Waals surface area contributed by atoms with Gasteiger partial charge < -0.3 is 0 Å². The van der Waals surface area contributed by atoms with Gasteiger partial charge >= 0.3 is 0 Å². The van der Waals surface area contributed by atoms with Crippen LogP contribution in [0.4, 0.5) is 0 Å². The first-order chi connectivity index (χ1) is 15.1. The number of aryl methyl sites for hydroxylation is 1. The molecule has 9 heteroatoms. The maximum Gasteiger partial charge on any atom is 0.263 e. The Kier molecular flexibility index (Phi) is 5.93. The Morgan fingerprint density at radius 1 is 1.03 bits per heavy atom. The summed E-state index contributed by atoms with van der Waals surface area (Å²) < 4.78 is 1.93. The molecule has 2 heterocycles. The molecule has 156 valence electrons. The van der Waals surface area contributed by atoms with Gasteiger partial charge in [-0.3, -0.25) is 9.48 Å². The lowest BCUT2D eigenvalue weighted by molar-refractivity contribution is -0.122. The van der Waals surface area contributed by atoms with Crippen molar-refractivity contribution in [3.8, 4) is 11.4 Å². The number of amides is 1. The average molecular weight is 414 g/mol. The first kappa shape index (κ1) is 20.1. The first-order valence-corrected chi connectivity index (χ1v) is 9.83. The van der Waals surface area contributed by atoms with Gasteiger partial charge in [0.2, 0.25) is 5.82 Å². The molecule has 2 aromatic carbocycles. The third-order valence-electron chi connectivity index (χ3n) is 4.77. The second kappa shape index (κ2) is 9.12. The van der Waals surface area contributed by atoms with Gasteiger partial charge in [0.15, 0.2) is 0 Å². The van der Waals surface area contributed by atoms with Crippen LogP contribution in [0.3, 0.4) is 0 Å². The molecule has 0 aliphatic rings. The number of carbonyl (C=O) groups excluding carboxylic acids is 1. The van der Waals surface area contributed by atoms with Gasteiger partial charge in [-0.25, -0.2) is 5.43 Å². The Hall–Kier alpha value is -4.14. The van der Waals surface area contributed by atoms with Gasteiger partial charge in [0.1, 0.15) is 6.54 Å². The molecular weight excluding hydrogens is 392 g/mol. The Bertz CT molecular complexity index is 1190. The fourth-order valence-corrected chi connectivity index (χ4v) is 3.15. The monoisotopic (exact) mass is 414 g/mol. The quantitative estimate of drug-likeness (QED) is 0.369. The van der Waals surface area contributed by atoms with Crippen molar-refractivity contribution in [3.63, 3.8) is 0 Å². The van der Waals surface area contributed by atoms with Crippen LogP contribution in [0.1, 0.15) is 22.5 Å². The molecule has 0 atom stereocenters. The predicted octanol–water partition coefficient (Wildman–Crippen LogP) is 2.35. The summed E-state index contributed by atoms with van der Waals surface area (Å²) in [6, 6.07) is 19.6. The normalized spacial score (nSPS) is 11.2. The van der Waals surface area contributed by atoms with Crippen LogP contribution in [0.25, 0.3) is 11.4 Å². The van der Waals surface area contributed by atoms with E-state index < -0.39 is 0 Å². The third kappa shape index (κ3) is 4.89. The summed E-state index contributed by atoms with van der Waals surface area (Å²) in [7, 11) is 0. The predicted molar refractivity (Wildman–Crippen MR) is 116 cm³/mol. The fourth-order valence-electron chi connectivity index (χ4n) is 3.15. The van der Waals surface area contributed by atoms with E-state index in [1.165, 1.54) is 10.4 Å². The number of hydrogen-bond donors (Lipinski definition) is 1. The molecule has 0 bridgehead atoms. The smallest absolute Gasteiger partial charge is 0.263 e. The Balaban J connectivity index is 1.36. The van der Waals surface area contributed by atoms with Crippen molar-refractivity contribution in [3.05, 3.63) is 83.2 Å². The van der Waals surface area contributed by atoms with Crippen LogP contribution in [-0.2, 0) is 17.9 Å². The number of rotatable bonds is 7. The van der Waals surface area contributed by atoms with E-state index in [0.717, 1.165) is 22.5 Å². The summed E-state index contributed by atoms with van der Waals surface area (Å²) in [6.07, 6.45) is 1.61. The van der Waals surface area contributed by atoms with E-state index in [-0.39, 0.29) is 12.5 Å². The van der Waals surface area contributed by atoms with Gasteiger partial charge in [-0.05, 0) is 24.6 Å². The van der Waals surface area contributed by atoms with Crippen molar-refractivity contribution in [1.82, 2.24) is 35.4 Å². The summed E-state index contributed by atoms with van der Waals surface area (Å²) >= 11 is 0. The largest absolute Gasteiger partial charge is 0.271 e. The molecule has 0 saturated carbocycles. The molecule has 9 nitrogen and oxygen atoms in total. The van der Waals surface area contributed by atoms with Crippen molar-refractivity contribution in [2.75, 3.05) is 0 Å². The van der Waals surface area contributed by atoms with Crippen molar-refractivity contribution in [2.45, 2.75) is 26.9 Å². The third-order valence-corrected chi connectivity index (χ3v) is 4.77. The van der Waals surface area contributed by atoms with E-state index in [2.05, 4.69) is 43.2 Å².